The summed E-state index contributed by atoms with van der Waals surface area (Å²) in [6, 6.07) is 4.10. The van der Waals surface area contributed by atoms with Crippen LogP contribution < -0.4 is 15.5 Å². The van der Waals surface area contributed by atoms with Crippen molar-refractivity contribution in [3.8, 4) is 0 Å². The fourth-order valence-electron chi connectivity index (χ4n) is 3.08. The Morgan fingerprint density at radius 3 is 2.78 bits per heavy atom. The van der Waals surface area contributed by atoms with E-state index in [0.29, 0.717) is 6.54 Å². The minimum atomic E-state index is 0. The number of nitrogens with one attached hydrogen (secondary N) is 2. The number of aromatic nitrogens is 1. The molecule has 3 rings (SSSR count). The predicted molar refractivity (Wildman–Crippen MR) is 97.6 cm³/mol. The van der Waals surface area contributed by atoms with E-state index in [-0.39, 0.29) is 36.6 Å². The number of amides is 1. The van der Waals surface area contributed by atoms with Gasteiger partial charge >= 0.3 is 0 Å². The van der Waals surface area contributed by atoms with Gasteiger partial charge in [-0.25, -0.2) is 4.98 Å². The van der Waals surface area contributed by atoms with Crippen molar-refractivity contribution in [2.75, 3.05) is 31.1 Å². The largest absolute Gasteiger partial charge is 0.357 e. The Morgan fingerprint density at radius 2 is 2.09 bits per heavy atom. The first-order valence-corrected chi connectivity index (χ1v) is 8.01. The van der Waals surface area contributed by atoms with Crippen LogP contribution in [0.25, 0.3) is 0 Å². The van der Waals surface area contributed by atoms with E-state index in [4.69, 9.17) is 0 Å². The van der Waals surface area contributed by atoms with Gasteiger partial charge in [-0.1, -0.05) is 0 Å². The highest BCUT2D eigenvalue weighted by molar-refractivity contribution is 5.85. The number of hydrogen-bond acceptors (Lipinski definition) is 4. The molecule has 1 aromatic rings. The summed E-state index contributed by atoms with van der Waals surface area (Å²) >= 11 is 0. The zero-order valence-corrected chi connectivity index (χ0v) is 14.9. The molecule has 130 valence electrons. The molecule has 0 saturated carbocycles. The van der Waals surface area contributed by atoms with E-state index >= 15 is 0 Å². The lowest BCUT2D eigenvalue weighted by atomic mass is 10.1. The van der Waals surface area contributed by atoms with E-state index in [1.54, 1.807) is 0 Å². The van der Waals surface area contributed by atoms with Crippen LogP contribution >= 0.6 is 24.8 Å². The number of rotatable bonds is 4. The molecule has 1 aromatic heterocycles. The van der Waals surface area contributed by atoms with Crippen molar-refractivity contribution < 1.29 is 4.79 Å². The lowest BCUT2D eigenvalue weighted by Crippen LogP contribution is -2.32. The monoisotopic (exact) mass is 360 g/mol. The van der Waals surface area contributed by atoms with Crippen LogP contribution in [0.1, 0.15) is 31.2 Å². The summed E-state index contributed by atoms with van der Waals surface area (Å²) in [5.41, 5.74) is 1.13. The number of carbonyl (C=O) groups excluding carboxylic acids is 1. The highest BCUT2D eigenvalue weighted by atomic mass is 35.5. The Kier molecular flexibility index (Phi) is 8.66. The topological polar surface area (TPSA) is 57.3 Å². The zero-order valence-electron chi connectivity index (χ0n) is 13.3. The number of anilines is 1. The summed E-state index contributed by atoms with van der Waals surface area (Å²) in [6.45, 7) is 4.54. The van der Waals surface area contributed by atoms with E-state index in [9.17, 15) is 4.79 Å². The smallest absolute Gasteiger partial charge is 0.224 e. The van der Waals surface area contributed by atoms with Crippen molar-refractivity contribution in [1.29, 1.82) is 0 Å². The molecule has 1 amide bonds. The van der Waals surface area contributed by atoms with Crippen LogP contribution in [0.4, 0.5) is 5.82 Å². The summed E-state index contributed by atoms with van der Waals surface area (Å²) in [5.74, 6) is 1.34. The molecule has 1 atom stereocenters. The molecular formula is C16H26Cl2N4O. The fraction of sp³-hybridized carbons (Fsp3) is 0.625. The summed E-state index contributed by atoms with van der Waals surface area (Å²) in [6.07, 6.45) is 6.61. The van der Waals surface area contributed by atoms with Gasteiger partial charge in [0.2, 0.25) is 5.91 Å². The molecule has 2 N–H and O–H groups in total. The van der Waals surface area contributed by atoms with Gasteiger partial charge in [0, 0.05) is 32.4 Å². The quantitative estimate of drug-likeness (QED) is 0.863. The van der Waals surface area contributed by atoms with Crippen LogP contribution in [0.5, 0.6) is 0 Å². The summed E-state index contributed by atoms with van der Waals surface area (Å²) in [4.78, 5) is 18.8. The van der Waals surface area contributed by atoms with Crippen molar-refractivity contribution in [3.05, 3.63) is 23.9 Å². The lowest BCUT2D eigenvalue weighted by Gasteiger charge is -2.28. The van der Waals surface area contributed by atoms with Crippen LogP contribution in [0.15, 0.2) is 18.3 Å². The van der Waals surface area contributed by atoms with Gasteiger partial charge in [-0.2, -0.15) is 0 Å². The second-order valence-electron chi connectivity index (χ2n) is 5.98. The average molecular weight is 361 g/mol. The van der Waals surface area contributed by atoms with Gasteiger partial charge in [0.05, 0.1) is 5.92 Å². The van der Waals surface area contributed by atoms with E-state index in [1.807, 2.05) is 12.3 Å². The Labute approximate surface area is 150 Å². The zero-order chi connectivity index (χ0) is 14.5. The predicted octanol–water partition coefficient (Wildman–Crippen LogP) is 2.14. The number of piperidine rings is 1. The first-order chi connectivity index (χ1) is 10.3. The van der Waals surface area contributed by atoms with Crippen molar-refractivity contribution >= 4 is 36.5 Å². The van der Waals surface area contributed by atoms with Crippen LogP contribution in [0, 0.1) is 5.92 Å². The number of halogens is 2. The number of hydrogen-bond donors (Lipinski definition) is 2. The Bertz CT molecular complexity index is 489. The molecule has 7 heteroatoms. The SMILES string of the molecule is Cl.Cl.O=C(NCc1ccnc(N2CCCCC2)c1)C1CCNC1. The van der Waals surface area contributed by atoms with Crippen molar-refractivity contribution in [3.63, 3.8) is 0 Å². The minimum Gasteiger partial charge on any atom is -0.357 e. The third-order valence-corrected chi connectivity index (χ3v) is 4.39. The van der Waals surface area contributed by atoms with Crippen LogP contribution in [-0.2, 0) is 11.3 Å². The van der Waals surface area contributed by atoms with E-state index in [0.717, 1.165) is 44.0 Å². The highest BCUT2D eigenvalue weighted by Crippen LogP contribution is 2.18. The van der Waals surface area contributed by atoms with Crippen molar-refractivity contribution in [2.24, 2.45) is 5.92 Å². The summed E-state index contributed by atoms with van der Waals surface area (Å²) in [7, 11) is 0. The Balaban J connectivity index is 0.00000132. The van der Waals surface area contributed by atoms with Crippen LogP contribution in [0.3, 0.4) is 0 Å². The molecule has 0 spiro atoms. The standard InChI is InChI=1S/C16H24N4O.2ClH/c21-16(14-5-6-17-12-14)19-11-13-4-7-18-15(10-13)20-8-2-1-3-9-20;;/h4,7,10,14,17H,1-3,5-6,8-9,11-12H2,(H,19,21);2*1H. The maximum absolute atomic E-state index is 12.0. The average Bonchev–Trinajstić information content (AvgIpc) is 3.08. The minimum absolute atomic E-state index is 0. The normalized spacial score (nSPS) is 20.3. The van der Waals surface area contributed by atoms with E-state index in [1.165, 1.54) is 19.3 Å². The second-order valence-corrected chi connectivity index (χ2v) is 5.98. The second kappa shape index (κ2) is 9.96. The molecule has 23 heavy (non-hydrogen) atoms. The molecule has 2 aliphatic heterocycles. The van der Waals surface area contributed by atoms with E-state index in [2.05, 4.69) is 26.6 Å². The number of pyridine rings is 1. The first kappa shape index (κ1) is 20.0. The molecule has 5 nitrogen and oxygen atoms in total. The van der Waals surface area contributed by atoms with Gasteiger partial charge in [-0.15, -0.1) is 24.8 Å². The maximum atomic E-state index is 12.0. The van der Waals surface area contributed by atoms with Gasteiger partial charge in [0.15, 0.2) is 0 Å². The maximum Gasteiger partial charge on any atom is 0.224 e. The number of carbonyl (C=O) groups is 1. The molecule has 0 radical (unpaired) electrons. The lowest BCUT2D eigenvalue weighted by molar-refractivity contribution is -0.124. The molecule has 0 bridgehead atoms. The first-order valence-electron chi connectivity index (χ1n) is 8.01. The van der Waals surface area contributed by atoms with Crippen molar-refractivity contribution in [1.82, 2.24) is 15.6 Å². The molecule has 3 heterocycles. The molecule has 2 fully saturated rings. The third-order valence-electron chi connectivity index (χ3n) is 4.39. The molecule has 0 aliphatic carbocycles. The van der Waals surface area contributed by atoms with Gasteiger partial charge in [0.1, 0.15) is 5.82 Å². The van der Waals surface area contributed by atoms with Gasteiger partial charge in [-0.05, 0) is 49.9 Å². The van der Waals surface area contributed by atoms with Crippen molar-refractivity contribution in [2.45, 2.75) is 32.2 Å². The fourth-order valence-corrected chi connectivity index (χ4v) is 3.08. The number of nitrogens with zero attached hydrogens (tertiary/aromatic N) is 2. The summed E-state index contributed by atoms with van der Waals surface area (Å²) < 4.78 is 0. The van der Waals surface area contributed by atoms with E-state index < -0.39 is 0 Å². The third kappa shape index (κ3) is 5.52. The van der Waals surface area contributed by atoms with Gasteiger partial charge < -0.3 is 15.5 Å². The molecular weight excluding hydrogens is 335 g/mol. The summed E-state index contributed by atoms with van der Waals surface area (Å²) in [5, 5.41) is 6.27. The molecule has 0 aromatic carbocycles. The molecule has 2 aliphatic rings. The molecule has 2 saturated heterocycles. The highest BCUT2D eigenvalue weighted by Gasteiger charge is 2.21. The Morgan fingerprint density at radius 1 is 1.30 bits per heavy atom. The van der Waals surface area contributed by atoms with Crippen LogP contribution in [0.2, 0.25) is 0 Å². The van der Waals surface area contributed by atoms with Gasteiger partial charge in [-0.3, -0.25) is 4.79 Å². The van der Waals surface area contributed by atoms with Crippen LogP contribution in [-0.4, -0.2) is 37.1 Å². The van der Waals surface area contributed by atoms with Gasteiger partial charge in [0.25, 0.3) is 0 Å². The Hall–Kier alpha value is -1.04. The molecule has 1 unspecified atom stereocenters.